The van der Waals surface area contributed by atoms with E-state index in [4.69, 9.17) is 4.74 Å². The van der Waals surface area contributed by atoms with Gasteiger partial charge in [-0.15, -0.1) is 0 Å². The lowest BCUT2D eigenvalue weighted by molar-refractivity contribution is -0.0817. The molecule has 0 aromatic rings. The van der Waals surface area contributed by atoms with Crippen molar-refractivity contribution in [1.82, 2.24) is 5.32 Å². The van der Waals surface area contributed by atoms with Crippen molar-refractivity contribution < 1.29 is 4.74 Å². The summed E-state index contributed by atoms with van der Waals surface area (Å²) in [6, 6.07) is 0.542. The van der Waals surface area contributed by atoms with Crippen molar-refractivity contribution in [1.29, 1.82) is 0 Å². The molecule has 0 bridgehead atoms. The van der Waals surface area contributed by atoms with Crippen LogP contribution in [0, 0.1) is 5.92 Å². The predicted octanol–water partition coefficient (Wildman–Crippen LogP) is 5.31. The van der Waals surface area contributed by atoms with Crippen molar-refractivity contribution in [3.63, 3.8) is 0 Å². The summed E-state index contributed by atoms with van der Waals surface area (Å²) in [6.07, 6.45) is 13.0. The first-order valence-electron chi connectivity index (χ1n) is 9.59. The molecule has 126 valence electrons. The Morgan fingerprint density at radius 1 is 0.952 bits per heavy atom. The van der Waals surface area contributed by atoms with E-state index < -0.39 is 0 Å². The van der Waals surface area contributed by atoms with Crippen LogP contribution in [0.4, 0.5) is 0 Å². The van der Waals surface area contributed by atoms with E-state index in [2.05, 4.69) is 33.0 Å². The van der Waals surface area contributed by atoms with Crippen molar-refractivity contribution in [3.8, 4) is 0 Å². The highest BCUT2D eigenvalue weighted by Crippen LogP contribution is 2.36. The van der Waals surface area contributed by atoms with Crippen molar-refractivity contribution in [2.24, 2.45) is 5.92 Å². The van der Waals surface area contributed by atoms with Gasteiger partial charge in [-0.05, 0) is 45.1 Å². The van der Waals surface area contributed by atoms with E-state index in [0.29, 0.717) is 6.04 Å². The average Bonchev–Trinajstić information content (AvgIpc) is 2.74. The Morgan fingerprint density at radius 3 is 2.05 bits per heavy atom. The van der Waals surface area contributed by atoms with Gasteiger partial charge in [-0.1, -0.05) is 59.3 Å². The molecular formula is C19H39NO. The van der Waals surface area contributed by atoms with Crippen LogP contribution in [0.1, 0.15) is 91.9 Å². The van der Waals surface area contributed by atoms with Gasteiger partial charge in [0.25, 0.3) is 0 Å². The quantitative estimate of drug-likeness (QED) is 0.552. The normalized spacial score (nSPS) is 20.4. The zero-order valence-corrected chi connectivity index (χ0v) is 15.0. The Bertz CT molecular complexity index is 242. The molecule has 1 saturated carbocycles. The Hall–Kier alpha value is -0.0800. The van der Waals surface area contributed by atoms with E-state index in [1.54, 1.807) is 0 Å². The average molecular weight is 298 g/mol. The molecule has 0 aromatic carbocycles. The maximum atomic E-state index is 6.44. The van der Waals surface area contributed by atoms with E-state index >= 15 is 0 Å². The van der Waals surface area contributed by atoms with Crippen LogP contribution in [0.5, 0.6) is 0 Å². The second kappa shape index (κ2) is 10.6. The molecule has 1 unspecified atom stereocenters. The lowest BCUT2D eigenvalue weighted by Crippen LogP contribution is -2.53. The smallest absolute Gasteiger partial charge is 0.0834 e. The van der Waals surface area contributed by atoms with Gasteiger partial charge in [-0.25, -0.2) is 0 Å². The second-order valence-electron chi connectivity index (χ2n) is 6.84. The molecule has 0 heterocycles. The third-order valence-electron chi connectivity index (χ3n) is 5.38. The Labute approximate surface area is 133 Å². The SMILES string of the molecule is CCCNC(CC(CC)CC)C1(OCC)CCCCCC1. The summed E-state index contributed by atoms with van der Waals surface area (Å²) in [5.74, 6) is 0.833. The first-order valence-corrected chi connectivity index (χ1v) is 9.59. The number of nitrogens with one attached hydrogen (secondary N) is 1. The molecule has 2 nitrogen and oxygen atoms in total. The van der Waals surface area contributed by atoms with Crippen LogP contribution in [0.2, 0.25) is 0 Å². The molecular weight excluding hydrogens is 258 g/mol. The van der Waals surface area contributed by atoms with Crippen LogP contribution in [-0.2, 0) is 4.74 Å². The van der Waals surface area contributed by atoms with Gasteiger partial charge in [0.2, 0.25) is 0 Å². The lowest BCUT2D eigenvalue weighted by Gasteiger charge is -2.42. The molecule has 1 aliphatic carbocycles. The lowest BCUT2D eigenvalue weighted by atomic mass is 9.80. The van der Waals surface area contributed by atoms with Crippen molar-refractivity contribution >= 4 is 0 Å². The van der Waals surface area contributed by atoms with Gasteiger partial charge in [0.05, 0.1) is 5.60 Å². The Balaban J connectivity index is 2.86. The number of ether oxygens (including phenoxy) is 1. The maximum absolute atomic E-state index is 6.44. The van der Waals surface area contributed by atoms with Crippen LogP contribution in [0.15, 0.2) is 0 Å². The molecule has 0 spiro atoms. The van der Waals surface area contributed by atoms with Crippen molar-refractivity contribution in [2.75, 3.05) is 13.2 Å². The minimum absolute atomic E-state index is 0.100. The molecule has 0 amide bonds. The van der Waals surface area contributed by atoms with Gasteiger partial charge >= 0.3 is 0 Å². The van der Waals surface area contributed by atoms with Crippen LogP contribution in [0.3, 0.4) is 0 Å². The minimum atomic E-state index is 0.100. The van der Waals surface area contributed by atoms with Gasteiger partial charge in [-0.3, -0.25) is 0 Å². The third kappa shape index (κ3) is 5.90. The number of hydrogen-bond donors (Lipinski definition) is 1. The van der Waals surface area contributed by atoms with E-state index in [0.717, 1.165) is 19.1 Å². The summed E-state index contributed by atoms with van der Waals surface area (Å²) in [5, 5.41) is 3.87. The zero-order chi connectivity index (χ0) is 15.6. The summed E-state index contributed by atoms with van der Waals surface area (Å²) in [4.78, 5) is 0. The molecule has 1 N–H and O–H groups in total. The largest absolute Gasteiger partial charge is 0.374 e. The topological polar surface area (TPSA) is 21.3 Å². The summed E-state index contributed by atoms with van der Waals surface area (Å²) in [6.45, 7) is 11.1. The molecule has 0 aliphatic heterocycles. The summed E-state index contributed by atoms with van der Waals surface area (Å²) >= 11 is 0. The third-order valence-corrected chi connectivity index (χ3v) is 5.38. The fraction of sp³-hybridized carbons (Fsp3) is 1.00. The number of hydrogen-bond acceptors (Lipinski definition) is 2. The fourth-order valence-corrected chi connectivity index (χ4v) is 3.97. The summed E-state index contributed by atoms with van der Waals surface area (Å²) in [7, 11) is 0. The van der Waals surface area contributed by atoms with Crippen LogP contribution in [0.25, 0.3) is 0 Å². The first kappa shape index (κ1) is 19.0. The van der Waals surface area contributed by atoms with Crippen LogP contribution < -0.4 is 5.32 Å². The molecule has 1 aliphatic rings. The molecule has 21 heavy (non-hydrogen) atoms. The monoisotopic (exact) mass is 297 g/mol. The van der Waals surface area contributed by atoms with Crippen LogP contribution >= 0.6 is 0 Å². The molecule has 0 saturated heterocycles. The first-order chi connectivity index (χ1) is 10.2. The summed E-state index contributed by atoms with van der Waals surface area (Å²) < 4.78 is 6.44. The Morgan fingerprint density at radius 2 is 1.57 bits per heavy atom. The van der Waals surface area contributed by atoms with E-state index in [9.17, 15) is 0 Å². The van der Waals surface area contributed by atoms with Gasteiger partial charge in [-0.2, -0.15) is 0 Å². The van der Waals surface area contributed by atoms with Crippen LogP contribution in [-0.4, -0.2) is 24.8 Å². The number of rotatable bonds is 10. The molecule has 1 atom stereocenters. The molecule has 1 rings (SSSR count). The van der Waals surface area contributed by atoms with Gasteiger partial charge in [0.1, 0.15) is 0 Å². The van der Waals surface area contributed by atoms with Gasteiger partial charge < -0.3 is 10.1 Å². The zero-order valence-electron chi connectivity index (χ0n) is 15.0. The van der Waals surface area contributed by atoms with E-state index in [1.165, 1.54) is 64.2 Å². The minimum Gasteiger partial charge on any atom is -0.374 e. The molecule has 0 radical (unpaired) electrons. The summed E-state index contributed by atoms with van der Waals surface area (Å²) in [5.41, 5.74) is 0.100. The van der Waals surface area contributed by atoms with Gasteiger partial charge in [0, 0.05) is 12.6 Å². The standard InChI is InChI=1S/C19H39NO/c1-5-15-20-18(16-17(6-2)7-3)19(21-8-4)13-11-9-10-12-14-19/h17-18,20H,5-16H2,1-4H3. The van der Waals surface area contributed by atoms with Crippen molar-refractivity contribution in [2.45, 2.75) is 104 Å². The van der Waals surface area contributed by atoms with E-state index in [1.807, 2.05) is 0 Å². The molecule has 2 heteroatoms. The Kier molecular flexibility index (Phi) is 9.59. The highest BCUT2D eigenvalue weighted by Gasteiger charge is 2.40. The maximum Gasteiger partial charge on any atom is 0.0834 e. The predicted molar refractivity (Wildman–Crippen MR) is 92.8 cm³/mol. The fourth-order valence-electron chi connectivity index (χ4n) is 3.97. The molecule has 0 aromatic heterocycles. The highest BCUT2D eigenvalue weighted by molar-refractivity contribution is 4.95. The molecule has 1 fully saturated rings. The van der Waals surface area contributed by atoms with E-state index in [-0.39, 0.29) is 5.60 Å². The van der Waals surface area contributed by atoms with Crippen molar-refractivity contribution in [3.05, 3.63) is 0 Å². The van der Waals surface area contributed by atoms with Gasteiger partial charge in [0.15, 0.2) is 0 Å². The second-order valence-corrected chi connectivity index (χ2v) is 6.84. The highest BCUT2D eigenvalue weighted by atomic mass is 16.5.